The van der Waals surface area contributed by atoms with Crippen LogP contribution in [0.3, 0.4) is 0 Å². The highest BCUT2D eigenvalue weighted by molar-refractivity contribution is 7.09. The largest absolute Gasteiger partial charge is 0.325 e. The highest BCUT2D eigenvalue weighted by Gasteiger charge is 2.38. The van der Waals surface area contributed by atoms with Crippen LogP contribution in [0.25, 0.3) is 0 Å². The third kappa shape index (κ3) is 2.31. The van der Waals surface area contributed by atoms with Gasteiger partial charge in [-0.05, 0) is 44.5 Å². The SMILES string of the molecule is Cc1nc(C(=O)Nc2ccc3c(c2)C(C)(C)C(=O)N3)cs1. The number of benzene rings is 1. The maximum absolute atomic E-state index is 12.1. The van der Waals surface area contributed by atoms with Crippen molar-refractivity contribution < 1.29 is 9.59 Å². The van der Waals surface area contributed by atoms with Crippen molar-refractivity contribution in [1.82, 2.24) is 4.98 Å². The van der Waals surface area contributed by atoms with Gasteiger partial charge in [0.05, 0.1) is 10.4 Å². The lowest BCUT2D eigenvalue weighted by molar-refractivity contribution is -0.119. The first-order valence-corrected chi connectivity index (χ1v) is 7.45. The van der Waals surface area contributed by atoms with Gasteiger partial charge in [0.1, 0.15) is 5.69 Å². The van der Waals surface area contributed by atoms with E-state index in [1.165, 1.54) is 11.3 Å². The summed E-state index contributed by atoms with van der Waals surface area (Å²) in [6.07, 6.45) is 0. The van der Waals surface area contributed by atoms with E-state index >= 15 is 0 Å². The summed E-state index contributed by atoms with van der Waals surface area (Å²) in [5.41, 5.74) is 2.17. The molecule has 0 fully saturated rings. The number of nitrogens with zero attached hydrogens (tertiary/aromatic N) is 1. The van der Waals surface area contributed by atoms with Crippen LogP contribution in [-0.4, -0.2) is 16.8 Å². The first kappa shape index (κ1) is 13.8. The number of nitrogens with one attached hydrogen (secondary N) is 2. The molecule has 1 aliphatic heterocycles. The Balaban J connectivity index is 1.87. The molecule has 2 aromatic rings. The monoisotopic (exact) mass is 301 g/mol. The summed E-state index contributed by atoms with van der Waals surface area (Å²) in [6, 6.07) is 5.42. The summed E-state index contributed by atoms with van der Waals surface area (Å²) in [5.74, 6) is -0.273. The van der Waals surface area contributed by atoms with E-state index in [1.54, 1.807) is 11.4 Å². The second-order valence-corrected chi connectivity index (χ2v) is 6.61. The summed E-state index contributed by atoms with van der Waals surface area (Å²) < 4.78 is 0. The first-order valence-electron chi connectivity index (χ1n) is 6.57. The molecule has 0 atom stereocenters. The minimum Gasteiger partial charge on any atom is -0.325 e. The predicted octanol–water partition coefficient (Wildman–Crippen LogP) is 2.93. The average Bonchev–Trinajstić information content (AvgIpc) is 2.94. The summed E-state index contributed by atoms with van der Waals surface area (Å²) in [7, 11) is 0. The first-order chi connectivity index (χ1) is 9.88. The molecule has 6 heteroatoms. The summed E-state index contributed by atoms with van der Waals surface area (Å²) >= 11 is 1.44. The number of rotatable bonds is 2. The minimum absolute atomic E-state index is 0.0314. The van der Waals surface area contributed by atoms with Gasteiger partial charge in [-0.25, -0.2) is 4.98 Å². The Morgan fingerprint density at radius 2 is 2.14 bits per heavy atom. The molecule has 0 unspecified atom stereocenters. The average molecular weight is 301 g/mol. The van der Waals surface area contributed by atoms with Gasteiger partial charge >= 0.3 is 0 Å². The maximum Gasteiger partial charge on any atom is 0.275 e. The second kappa shape index (κ2) is 4.66. The van der Waals surface area contributed by atoms with Crippen LogP contribution in [0.15, 0.2) is 23.6 Å². The molecule has 0 radical (unpaired) electrons. The quantitative estimate of drug-likeness (QED) is 0.896. The molecule has 2 heterocycles. The summed E-state index contributed by atoms with van der Waals surface area (Å²) in [6.45, 7) is 5.59. The number of hydrogen-bond acceptors (Lipinski definition) is 4. The Hall–Kier alpha value is -2.21. The van der Waals surface area contributed by atoms with Crippen LogP contribution in [0.4, 0.5) is 11.4 Å². The van der Waals surface area contributed by atoms with Gasteiger partial charge in [-0.15, -0.1) is 11.3 Å². The Morgan fingerprint density at radius 3 is 2.81 bits per heavy atom. The van der Waals surface area contributed by atoms with Crippen LogP contribution in [0, 0.1) is 6.92 Å². The maximum atomic E-state index is 12.1. The predicted molar refractivity (Wildman–Crippen MR) is 82.9 cm³/mol. The van der Waals surface area contributed by atoms with E-state index < -0.39 is 5.41 Å². The van der Waals surface area contributed by atoms with Crippen LogP contribution in [-0.2, 0) is 10.2 Å². The third-order valence-corrected chi connectivity index (χ3v) is 4.39. The number of anilines is 2. The fraction of sp³-hybridized carbons (Fsp3) is 0.267. The van der Waals surface area contributed by atoms with Crippen molar-refractivity contribution in [2.24, 2.45) is 0 Å². The Morgan fingerprint density at radius 1 is 1.38 bits per heavy atom. The Kier molecular flexibility index (Phi) is 3.06. The van der Waals surface area contributed by atoms with Gasteiger partial charge in [0.2, 0.25) is 5.91 Å². The third-order valence-electron chi connectivity index (χ3n) is 3.62. The molecule has 3 rings (SSSR count). The van der Waals surface area contributed by atoms with Crippen molar-refractivity contribution >= 4 is 34.5 Å². The van der Waals surface area contributed by atoms with Gasteiger partial charge < -0.3 is 10.6 Å². The van der Waals surface area contributed by atoms with Crippen molar-refractivity contribution in [3.63, 3.8) is 0 Å². The highest BCUT2D eigenvalue weighted by Crippen LogP contribution is 2.38. The lowest BCUT2D eigenvalue weighted by Gasteiger charge is -2.15. The smallest absolute Gasteiger partial charge is 0.275 e. The van der Waals surface area contributed by atoms with Crippen LogP contribution >= 0.6 is 11.3 Å². The van der Waals surface area contributed by atoms with Crippen molar-refractivity contribution in [3.05, 3.63) is 39.8 Å². The minimum atomic E-state index is -0.590. The second-order valence-electron chi connectivity index (χ2n) is 5.55. The number of fused-ring (bicyclic) bond motifs is 1. The van der Waals surface area contributed by atoms with E-state index in [-0.39, 0.29) is 11.8 Å². The van der Waals surface area contributed by atoms with Gasteiger partial charge in [0.25, 0.3) is 5.91 Å². The van der Waals surface area contributed by atoms with Crippen LogP contribution in [0.5, 0.6) is 0 Å². The van der Waals surface area contributed by atoms with Gasteiger partial charge in [-0.2, -0.15) is 0 Å². The zero-order valence-corrected chi connectivity index (χ0v) is 12.8. The fourth-order valence-corrected chi connectivity index (χ4v) is 2.90. The number of carbonyl (C=O) groups is 2. The van der Waals surface area contributed by atoms with E-state index in [0.717, 1.165) is 16.3 Å². The molecule has 1 aliphatic rings. The van der Waals surface area contributed by atoms with E-state index in [0.29, 0.717) is 11.4 Å². The summed E-state index contributed by atoms with van der Waals surface area (Å²) in [5, 5.41) is 8.24. The number of hydrogen-bond donors (Lipinski definition) is 2. The standard InChI is InChI=1S/C15H15N3O2S/c1-8-16-12(7-21-8)13(19)17-9-4-5-11-10(6-9)15(2,3)14(20)18-11/h4-7H,1-3H3,(H,17,19)(H,18,20). The van der Waals surface area contributed by atoms with Gasteiger partial charge in [-0.3, -0.25) is 9.59 Å². The van der Waals surface area contributed by atoms with Crippen LogP contribution < -0.4 is 10.6 Å². The van der Waals surface area contributed by atoms with Crippen LogP contribution in [0.1, 0.15) is 34.9 Å². The molecule has 2 amide bonds. The highest BCUT2D eigenvalue weighted by atomic mass is 32.1. The Labute approximate surface area is 126 Å². The van der Waals surface area contributed by atoms with Crippen molar-refractivity contribution in [1.29, 1.82) is 0 Å². The number of aromatic nitrogens is 1. The molecule has 1 aromatic carbocycles. The van der Waals surface area contributed by atoms with Crippen molar-refractivity contribution in [3.8, 4) is 0 Å². The van der Waals surface area contributed by atoms with E-state index in [1.807, 2.05) is 32.9 Å². The molecule has 108 valence electrons. The zero-order valence-electron chi connectivity index (χ0n) is 12.0. The number of amides is 2. The normalized spacial score (nSPS) is 15.5. The fourth-order valence-electron chi connectivity index (χ4n) is 2.31. The molecule has 0 spiro atoms. The number of thiazole rings is 1. The van der Waals surface area contributed by atoms with Gasteiger partial charge in [-0.1, -0.05) is 0 Å². The van der Waals surface area contributed by atoms with Crippen LogP contribution in [0.2, 0.25) is 0 Å². The number of aryl methyl sites for hydroxylation is 1. The molecule has 0 aliphatic carbocycles. The molecular formula is C15H15N3O2S. The molecule has 0 saturated heterocycles. The summed E-state index contributed by atoms with van der Waals surface area (Å²) in [4.78, 5) is 28.2. The molecule has 5 nitrogen and oxygen atoms in total. The lowest BCUT2D eigenvalue weighted by atomic mass is 9.86. The lowest BCUT2D eigenvalue weighted by Crippen LogP contribution is -2.26. The van der Waals surface area contributed by atoms with Gasteiger partial charge in [0, 0.05) is 16.8 Å². The Bertz CT molecular complexity index is 749. The van der Waals surface area contributed by atoms with E-state index in [9.17, 15) is 9.59 Å². The molecule has 0 bridgehead atoms. The molecule has 21 heavy (non-hydrogen) atoms. The van der Waals surface area contributed by atoms with Crippen molar-refractivity contribution in [2.75, 3.05) is 10.6 Å². The molecule has 1 aromatic heterocycles. The van der Waals surface area contributed by atoms with Gasteiger partial charge in [0.15, 0.2) is 0 Å². The molecule has 2 N–H and O–H groups in total. The molecular weight excluding hydrogens is 286 g/mol. The number of carbonyl (C=O) groups excluding carboxylic acids is 2. The van der Waals surface area contributed by atoms with E-state index in [4.69, 9.17) is 0 Å². The van der Waals surface area contributed by atoms with Crippen molar-refractivity contribution in [2.45, 2.75) is 26.2 Å². The van der Waals surface area contributed by atoms with E-state index in [2.05, 4.69) is 15.6 Å². The topological polar surface area (TPSA) is 71.1 Å². The zero-order chi connectivity index (χ0) is 15.2. The molecule has 0 saturated carbocycles.